The molecule has 7 heteroatoms. The monoisotopic (exact) mass is 288 g/mol. The van der Waals surface area contributed by atoms with Crippen LogP contribution in [0, 0.1) is 0 Å². The molecule has 0 heterocycles. The summed E-state index contributed by atoms with van der Waals surface area (Å²) in [6, 6.07) is 6.21. The zero-order valence-corrected chi connectivity index (χ0v) is 10.7. The summed E-state index contributed by atoms with van der Waals surface area (Å²) in [7, 11) is 0. The van der Waals surface area contributed by atoms with E-state index in [-0.39, 0.29) is 18.2 Å². The maximum atomic E-state index is 12.0. The van der Waals surface area contributed by atoms with Gasteiger partial charge in [0, 0.05) is 11.7 Å². The first-order valence-corrected chi connectivity index (χ1v) is 6.25. The molecule has 0 aliphatic heterocycles. The fourth-order valence-corrected chi connectivity index (χ4v) is 1.53. The molecular formula is C13H15F3N2O2. The average Bonchev–Trinajstić information content (AvgIpc) is 3.19. The maximum absolute atomic E-state index is 12.0. The van der Waals surface area contributed by atoms with E-state index in [2.05, 4.69) is 15.4 Å². The third-order valence-electron chi connectivity index (χ3n) is 2.67. The van der Waals surface area contributed by atoms with Crippen LogP contribution in [-0.4, -0.2) is 31.3 Å². The Morgan fingerprint density at radius 2 is 1.90 bits per heavy atom. The number of rotatable bonds is 6. The third-order valence-corrected chi connectivity index (χ3v) is 2.67. The molecule has 0 saturated heterocycles. The van der Waals surface area contributed by atoms with Crippen molar-refractivity contribution in [3.8, 4) is 5.75 Å². The van der Waals surface area contributed by atoms with Crippen molar-refractivity contribution >= 4 is 11.6 Å². The molecule has 0 aromatic heterocycles. The topological polar surface area (TPSA) is 50.4 Å². The van der Waals surface area contributed by atoms with Crippen LogP contribution in [0.4, 0.5) is 18.9 Å². The van der Waals surface area contributed by atoms with Gasteiger partial charge in [-0.15, -0.1) is 0 Å². The Labute approximate surface area is 114 Å². The van der Waals surface area contributed by atoms with Gasteiger partial charge in [0.15, 0.2) is 6.61 Å². The molecular weight excluding hydrogens is 273 g/mol. The molecule has 1 fully saturated rings. The van der Waals surface area contributed by atoms with Gasteiger partial charge in [0.2, 0.25) is 5.91 Å². The van der Waals surface area contributed by atoms with Crippen molar-refractivity contribution in [1.82, 2.24) is 5.32 Å². The fraction of sp³-hybridized carbons (Fsp3) is 0.462. The summed E-state index contributed by atoms with van der Waals surface area (Å²) in [5.41, 5.74) is 0.520. The summed E-state index contributed by atoms with van der Waals surface area (Å²) >= 11 is 0. The van der Waals surface area contributed by atoms with Crippen molar-refractivity contribution < 1.29 is 22.7 Å². The number of ether oxygens (including phenoxy) is 1. The van der Waals surface area contributed by atoms with Gasteiger partial charge < -0.3 is 15.4 Å². The molecule has 1 aromatic rings. The molecule has 2 N–H and O–H groups in total. The van der Waals surface area contributed by atoms with Crippen LogP contribution in [0.1, 0.15) is 12.8 Å². The van der Waals surface area contributed by atoms with Gasteiger partial charge in [0.1, 0.15) is 5.75 Å². The van der Waals surface area contributed by atoms with E-state index in [0.717, 1.165) is 12.8 Å². The number of halogens is 3. The van der Waals surface area contributed by atoms with Gasteiger partial charge in [-0.3, -0.25) is 4.79 Å². The van der Waals surface area contributed by atoms with Crippen LogP contribution in [0.25, 0.3) is 0 Å². The highest BCUT2D eigenvalue weighted by Crippen LogP contribution is 2.20. The highest BCUT2D eigenvalue weighted by molar-refractivity contribution is 5.92. The van der Waals surface area contributed by atoms with Crippen molar-refractivity contribution in [2.45, 2.75) is 25.1 Å². The number of benzene rings is 1. The number of carbonyl (C=O) groups is 1. The van der Waals surface area contributed by atoms with Gasteiger partial charge in [-0.1, -0.05) is 0 Å². The Bertz CT molecular complexity index is 456. The molecule has 1 aromatic carbocycles. The zero-order valence-electron chi connectivity index (χ0n) is 10.7. The molecule has 0 unspecified atom stereocenters. The highest BCUT2D eigenvalue weighted by Gasteiger charge is 2.28. The average molecular weight is 288 g/mol. The van der Waals surface area contributed by atoms with Gasteiger partial charge in [-0.05, 0) is 37.1 Å². The van der Waals surface area contributed by atoms with E-state index < -0.39 is 12.8 Å². The van der Waals surface area contributed by atoms with Crippen LogP contribution in [0.15, 0.2) is 24.3 Å². The van der Waals surface area contributed by atoms with E-state index >= 15 is 0 Å². The predicted molar refractivity (Wildman–Crippen MR) is 67.6 cm³/mol. The lowest BCUT2D eigenvalue weighted by Gasteiger charge is -2.10. The maximum Gasteiger partial charge on any atom is 0.422 e. The second-order valence-corrected chi connectivity index (χ2v) is 4.63. The van der Waals surface area contributed by atoms with Crippen molar-refractivity contribution in [3.63, 3.8) is 0 Å². The van der Waals surface area contributed by atoms with E-state index in [1.54, 1.807) is 0 Å². The summed E-state index contributed by atoms with van der Waals surface area (Å²) in [4.78, 5) is 11.5. The van der Waals surface area contributed by atoms with E-state index in [1.807, 2.05) is 0 Å². The second-order valence-electron chi connectivity index (χ2n) is 4.63. The first-order chi connectivity index (χ1) is 9.42. The Balaban J connectivity index is 1.76. The normalized spacial score (nSPS) is 14.9. The summed E-state index contributed by atoms with van der Waals surface area (Å²) in [6.07, 6.45) is -2.17. The number of alkyl halides is 3. The second kappa shape index (κ2) is 6.13. The summed E-state index contributed by atoms with van der Waals surface area (Å²) in [5, 5.41) is 5.71. The van der Waals surface area contributed by atoms with Crippen molar-refractivity contribution in [2.24, 2.45) is 0 Å². The van der Waals surface area contributed by atoms with Crippen LogP contribution in [-0.2, 0) is 4.79 Å². The molecule has 1 saturated carbocycles. The van der Waals surface area contributed by atoms with Gasteiger partial charge in [0.05, 0.1) is 6.54 Å². The number of hydrogen-bond acceptors (Lipinski definition) is 3. The SMILES string of the molecule is O=C(CNC1CC1)Nc1ccc(OCC(F)(F)F)cc1. The van der Waals surface area contributed by atoms with E-state index in [4.69, 9.17) is 0 Å². The molecule has 0 radical (unpaired) electrons. The largest absolute Gasteiger partial charge is 0.484 e. The van der Waals surface area contributed by atoms with Gasteiger partial charge in [-0.2, -0.15) is 13.2 Å². The molecule has 4 nitrogen and oxygen atoms in total. The number of anilines is 1. The quantitative estimate of drug-likeness (QED) is 0.844. The molecule has 0 atom stereocenters. The van der Waals surface area contributed by atoms with E-state index in [9.17, 15) is 18.0 Å². The molecule has 0 spiro atoms. The first-order valence-electron chi connectivity index (χ1n) is 6.25. The standard InChI is InChI=1S/C13H15F3N2O2/c14-13(15,16)8-20-11-5-3-10(4-6-11)18-12(19)7-17-9-1-2-9/h3-6,9,17H,1-2,7-8H2,(H,18,19). The lowest BCUT2D eigenvalue weighted by atomic mass is 10.3. The Kier molecular flexibility index (Phi) is 4.49. The van der Waals surface area contributed by atoms with Gasteiger partial charge in [-0.25, -0.2) is 0 Å². The minimum atomic E-state index is -4.36. The number of hydrogen-bond donors (Lipinski definition) is 2. The smallest absolute Gasteiger partial charge is 0.422 e. The summed E-state index contributed by atoms with van der Waals surface area (Å²) in [5.74, 6) is -0.0720. The number of nitrogens with one attached hydrogen (secondary N) is 2. The van der Waals surface area contributed by atoms with Crippen LogP contribution >= 0.6 is 0 Å². The van der Waals surface area contributed by atoms with Crippen molar-refractivity contribution in [2.75, 3.05) is 18.5 Å². The third kappa shape index (κ3) is 5.48. The number of carbonyl (C=O) groups excluding carboxylic acids is 1. The van der Waals surface area contributed by atoms with Crippen molar-refractivity contribution in [3.05, 3.63) is 24.3 Å². The first kappa shape index (κ1) is 14.6. The fourth-order valence-electron chi connectivity index (χ4n) is 1.53. The summed E-state index contributed by atoms with van der Waals surface area (Å²) in [6.45, 7) is -1.10. The van der Waals surface area contributed by atoms with Crippen LogP contribution in [0.5, 0.6) is 5.75 Å². The van der Waals surface area contributed by atoms with Crippen LogP contribution < -0.4 is 15.4 Å². The van der Waals surface area contributed by atoms with E-state index in [0.29, 0.717) is 11.7 Å². The minimum Gasteiger partial charge on any atom is -0.484 e. The molecule has 2 rings (SSSR count). The Hall–Kier alpha value is -1.76. The minimum absolute atomic E-state index is 0.108. The molecule has 1 aliphatic carbocycles. The van der Waals surface area contributed by atoms with Crippen molar-refractivity contribution in [1.29, 1.82) is 0 Å². The van der Waals surface area contributed by atoms with Gasteiger partial charge in [0.25, 0.3) is 0 Å². The molecule has 0 bridgehead atoms. The number of amides is 1. The Morgan fingerprint density at radius 3 is 2.45 bits per heavy atom. The zero-order chi connectivity index (χ0) is 14.6. The lowest BCUT2D eigenvalue weighted by molar-refractivity contribution is -0.153. The molecule has 1 aliphatic rings. The highest BCUT2D eigenvalue weighted by atomic mass is 19.4. The van der Waals surface area contributed by atoms with Gasteiger partial charge >= 0.3 is 6.18 Å². The van der Waals surface area contributed by atoms with E-state index in [1.165, 1.54) is 24.3 Å². The summed E-state index contributed by atoms with van der Waals surface area (Å²) < 4.78 is 40.4. The predicted octanol–water partition coefficient (Wildman–Crippen LogP) is 2.32. The molecule has 20 heavy (non-hydrogen) atoms. The molecule has 110 valence electrons. The molecule has 1 amide bonds. The van der Waals surface area contributed by atoms with Crippen LogP contribution in [0.3, 0.4) is 0 Å². The Morgan fingerprint density at radius 1 is 1.25 bits per heavy atom. The lowest BCUT2D eigenvalue weighted by Crippen LogP contribution is -2.29. The van der Waals surface area contributed by atoms with Crippen LogP contribution in [0.2, 0.25) is 0 Å².